The molecule has 2 rings (SSSR count). The molecule has 0 unspecified atom stereocenters. The zero-order valence-corrected chi connectivity index (χ0v) is 10.3. The van der Waals surface area contributed by atoms with E-state index in [4.69, 9.17) is 5.11 Å². The summed E-state index contributed by atoms with van der Waals surface area (Å²) in [5, 5.41) is 14.8. The van der Waals surface area contributed by atoms with Crippen LogP contribution in [0.1, 0.15) is 21.5 Å². The first-order chi connectivity index (χ1) is 9.20. The molecule has 0 aliphatic heterocycles. The summed E-state index contributed by atoms with van der Waals surface area (Å²) in [6.07, 6.45) is 2.77. The highest BCUT2D eigenvalue weighted by Crippen LogP contribution is 2.13. The largest absolute Gasteiger partial charge is 0.384 e. The third-order valence-electron chi connectivity index (χ3n) is 2.48. The fraction of sp³-hybridized carbons (Fsp3) is 0.143. The summed E-state index contributed by atoms with van der Waals surface area (Å²) in [6.45, 7) is 1.63. The Morgan fingerprint density at radius 1 is 1.53 bits per heavy atom. The summed E-state index contributed by atoms with van der Waals surface area (Å²) in [5.74, 6) is 5.05. The van der Waals surface area contributed by atoms with Gasteiger partial charge >= 0.3 is 0 Å². The Labute approximate surface area is 110 Å². The molecule has 5 heteroatoms. The molecule has 19 heavy (non-hydrogen) atoms. The average molecular weight is 256 g/mol. The molecule has 0 saturated heterocycles. The van der Waals surface area contributed by atoms with Gasteiger partial charge in [-0.3, -0.25) is 4.79 Å². The summed E-state index contributed by atoms with van der Waals surface area (Å²) in [5.41, 5.74) is 2.53. The number of aromatic nitrogens is 1. The van der Waals surface area contributed by atoms with Gasteiger partial charge in [0.1, 0.15) is 18.6 Å². The van der Waals surface area contributed by atoms with Crippen molar-refractivity contribution in [2.45, 2.75) is 6.92 Å². The minimum atomic E-state index is -0.256. The molecule has 5 nitrogen and oxygen atoms in total. The minimum Gasteiger partial charge on any atom is -0.384 e. The maximum absolute atomic E-state index is 12.1. The zero-order valence-electron chi connectivity index (χ0n) is 10.3. The summed E-state index contributed by atoms with van der Waals surface area (Å²) >= 11 is 0. The summed E-state index contributed by atoms with van der Waals surface area (Å²) < 4.78 is 4.64. The molecule has 0 aliphatic rings. The van der Waals surface area contributed by atoms with E-state index in [9.17, 15) is 4.79 Å². The molecule has 2 N–H and O–H groups in total. The number of hydrogen-bond acceptors (Lipinski definition) is 4. The first kappa shape index (κ1) is 12.9. The van der Waals surface area contributed by atoms with E-state index >= 15 is 0 Å². The number of carbonyl (C=O) groups excluding carboxylic acids is 1. The van der Waals surface area contributed by atoms with Crippen molar-refractivity contribution in [3.05, 3.63) is 47.3 Å². The number of amides is 1. The lowest BCUT2D eigenvalue weighted by Crippen LogP contribution is -2.13. The topological polar surface area (TPSA) is 75.4 Å². The van der Waals surface area contributed by atoms with E-state index in [2.05, 4.69) is 26.8 Å². The van der Waals surface area contributed by atoms with Crippen molar-refractivity contribution >= 4 is 11.6 Å². The number of aliphatic hydroxyl groups excluding tert-OH is 1. The van der Waals surface area contributed by atoms with Crippen LogP contribution in [-0.4, -0.2) is 22.8 Å². The molecule has 0 bridgehead atoms. The van der Waals surface area contributed by atoms with E-state index in [-0.39, 0.29) is 12.5 Å². The molecule has 96 valence electrons. The van der Waals surface area contributed by atoms with Crippen LogP contribution in [0.25, 0.3) is 0 Å². The number of nitrogens with one attached hydrogen (secondary N) is 1. The Morgan fingerprint density at radius 2 is 2.37 bits per heavy atom. The van der Waals surface area contributed by atoms with E-state index in [0.29, 0.717) is 16.8 Å². The SMILES string of the molecule is Cc1ccc(C#CCO)cc1C(=O)Nc1cnoc1. The highest BCUT2D eigenvalue weighted by Gasteiger charge is 2.10. The Morgan fingerprint density at radius 3 is 3.05 bits per heavy atom. The fourth-order valence-electron chi connectivity index (χ4n) is 1.55. The van der Waals surface area contributed by atoms with Crippen molar-refractivity contribution < 1.29 is 14.4 Å². The second-order valence-corrected chi connectivity index (χ2v) is 3.86. The van der Waals surface area contributed by atoms with Gasteiger partial charge in [-0.1, -0.05) is 23.1 Å². The minimum absolute atomic E-state index is 0.212. The van der Waals surface area contributed by atoms with Crippen molar-refractivity contribution in [2.75, 3.05) is 11.9 Å². The third kappa shape index (κ3) is 3.21. The normalized spacial score (nSPS) is 9.58. The Kier molecular flexibility index (Phi) is 3.96. The molecule has 0 aliphatic carbocycles. The molecule has 0 atom stereocenters. The second-order valence-electron chi connectivity index (χ2n) is 3.86. The Bertz CT molecular complexity index is 636. The highest BCUT2D eigenvalue weighted by atomic mass is 16.5. The lowest BCUT2D eigenvalue weighted by atomic mass is 10.0. The molecule has 0 saturated carbocycles. The van der Waals surface area contributed by atoms with Gasteiger partial charge in [-0.2, -0.15) is 0 Å². The van der Waals surface area contributed by atoms with Crippen molar-refractivity contribution in [3.63, 3.8) is 0 Å². The van der Waals surface area contributed by atoms with Crippen LogP contribution < -0.4 is 5.32 Å². The van der Waals surface area contributed by atoms with E-state index < -0.39 is 0 Å². The van der Waals surface area contributed by atoms with E-state index in [0.717, 1.165) is 5.56 Å². The fourth-order valence-corrected chi connectivity index (χ4v) is 1.55. The molecular formula is C14H12N2O3. The second kappa shape index (κ2) is 5.85. The van der Waals surface area contributed by atoms with Crippen molar-refractivity contribution in [3.8, 4) is 11.8 Å². The van der Waals surface area contributed by atoms with Gasteiger partial charge in [-0.15, -0.1) is 0 Å². The van der Waals surface area contributed by atoms with Gasteiger partial charge in [-0.05, 0) is 24.6 Å². The predicted molar refractivity (Wildman–Crippen MR) is 69.6 cm³/mol. The average Bonchev–Trinajstić information content (AvgIpc) is 2.90. The summed E-state index contributed by atoms with van der Waals surface area (Å²) in [4.78, 5) is 12.1. The Balaban J connectivity index is 2.25. The van der Waals surface area contributed by atoms with Gasteiger partial charge in [0.15, 0.2) is 0 Å². The highest BCUT2D eigenvalue weighted by molar-refractivity contribution is 6.05. The number of hydrogen-bond donors (Lipinski definition) is 2. The number of rotatable bonds is 2. The van der Waals surface area contributed by atoms with E-state index in [1.165, 1.54) is 12.5 Å². The van der Waals surface area contributed by atoms with Crippen LogP contribution in [0.5, 0.6) is 0 Å². The predicted octanol–water partition coefficient (Wildman–Crippen LogP) is 1.58. The number of carbonyl (C=O) groups is 1. The molecule has 1 aromatic heterocycles. The van der Waals surface area contributed by atoms with Crippen LogP contribution in [0.4, 0.5) is 5.69 Å². The van der Waals surface area contributed by atoms with Crippen molar-refractivity contribution in [1.82, 2.24) is 5.16 Å². The third-order valence-corrected chi connectivity index (χ3v) is 2.48. The van der Waals surface area contributed by atoms with Gasteiger partial charge in [0.2, 0.25) is 0 Å². The van der Waals surface area contributed by atoms with Gasteiger partial charge in [0.25, 0.3) is 5.91 Å². The van der Waals surface area contributed by atoms with Gasteiger partial charge in [-0.25, -0.2) is 0 Å². The first-order valence-electron chi connectivity index (χ1n) is 5.62. The molecule has 1 aromatic carbocycles. The van der Waals surface area contributed by atoms with Gasteiger partial charge in [0.05, 0.1) is 6.20 Å². The van der Waals surface area contributed by atoms with Crippen LogP contribution in [0, 0.1) is 18.8 Å². The molecular weight excluding hydrogens is 244 g/mol. The van der Waals surface area contributed by atoms with Gasteiger partial charge in [0, 0.05) is 11.1 Å². The van der Waals surface area contributed by atoms with Crippen LogP contribution in [0.3, 0.4) is 0 Å². The summed E-state index contributed by atoms with van der Waals surface area (Å²) in [7, 11) is 0. The molecule has 0 fully saturated rings. The molecule has 1 amide bonds. The lowest BCUT2D eigenvalue weighted by molar-refractivity contribution is 0.102. The van der Waals surface area contributed by atoms with Crippen LogP contribution in [0.2, 0.25) is 0 Å². The van der Waals surface area contributed by atoms with Gasteiger partial charge < -0.3 is 14.9 Å². The standard InChI is InChI=1S/C14H12N2O3/c1-10-4-5-11(3-2-6-17)7-13(10)14(18)16-12-8-15-19-9-12/h4-5,7-9,17H,6H2,1H3,(H,16,18). The maximum atomic E-state index is 12.1. The summed E-state index contributed by atoms with van der Waals surface area (Å²) in [6, 6.07) is 5.29. The molecule has 1 heterocycles. The van der Waals surface area contributed by atoms with E-state index in [1.807, 2.05) is 13.0 Å². The van der Waals surface area contributed by atoms with Crippen LogP contribution in [0.15, 0.2) is 35.2 Å². The first-order valence-corrected chi connectivity index (χ1v) is 5.62. The van der Waals surface area contributed by atoms with E-state index in [1.54, 1.807) is 12.1 Å². The van der Waals surface area contributed by atoms with Crippen molar-refractivity contribution in [1.29, 1.82) is 0 Å². The zero-order chi connectivity index (χ0) is 13.7. The van der Waals surface area contributed by atoms with Crippen LogP contribution in [-0.2, 0) is 0 Å². The lowest BCUT2D eigenvalue weighted by Gasteiger charge is -2.06. The van der Waals surface area contributed by atoms with Crippen LogP contribution >= 0.6 is 0 Å². The number of nitrogens with zero attached hydrogens (tertiary/aromatic N) is 1. The maximum Gasteiger partial charge on any atom is 0.256 e. The monoisotopic (exact) mass is 256 g/mol. The molecule has 0 spiro atoms. The number of benzene rings is 1. The quantitative estimate of drug-likeness (QED) is 0.800. The number of aliphatic hydroxyl groups is 1. The van der Waals surface area contributed by atoms with Crippen molar-refractivity contribution in [2.24, 2.45) is 0 Å². The smallest absolute Gasteiger partial charge is 0.256 e. The number of anilines is 1. The number of aryl methyl sites for hydroxylation is 1. The molecule has 0 radical (unpaired) electrons. The molecule has 2 aromatic rings. The Hall–Kier alpha value is -2.58.